The van der Waals surface area contributed by atoms with Gasteiger partial charge in [-0.25, -0.2) is 0 Å². The fourth-order valence-corrected chi connectivity index (χ4v) is 3.70. The second-order valence-electron chi connectivity index (χ2n) is 5.27. The van der Waals surface area contributed by atoms with Crippen LogP contribution in [0.2, 0.25) is 0 Å². The third-order valence-corrected chi connectivity index (χ3v) is 4.73. The van der Waals surface area contributed by atoms with Crippen LogP contribution in [0, 0.1) is 0 Å². The van der Waals surface area contributed by atoms with Crippen LogP contribution in [0.15, 0.2) is 71.4 Å². The fourth-order valence-electron chi connectivity index (χ4n) is 3.00. The molecule has 4 aromatic rings. The van der Waals surface area contributed by atoms with Crippen molar-refractivity contribution in [2.45, 2.75) is 6.04 Å². The molecule has 0 saturated heterocycles. The molecule has 0 bridgehead atoms. The third-order valence-electron chi connectivity index (χ3n) is 4.03. The van der Waals surface area contributed by atoms with Gasteiger partial charge in [0.1, 0.15) is 0 Å². The SMILES string of the molecule is Cl.N[C@@H](c1ccsc1)c1c2ccccc2cc2ccccc12. The first-order valence-corrected chi connectivity index (χ1v) is 7.97. The van der Waals surface area contributed by atoms with Gasteiger partial charge in [-0.15, -0.1) is 12.4 Å². The summed E-state index contributed by atoms with van der Waals surface area (Å²) >= 11 is 1.69. The van der Waals surface area contributed by atoms with E-state index >= 15 is 0 Å². The van der Waals surface area contributed by atoms with E-state index < -0.39 is 0 Å². The van der Waals surface area contributed by atoms with Gasteiger partial charge in [-0.05, 0) is 55.6 Å². The van der Waals surface area contributed by atoms with Crippen LogP contribution in [0.25, 0.3) is 21.5 Å². The van der Waals surface area contributed by atoms with Gasteiger partial charge < -0.3 is 5.73 Å². The summed E-state index contributed by atoms with van der Waals surface area (Å²) in [6, 6.07) is 21.3. The van der Waals surface area contributed by atoms with Crippen LogP contribution in [0.5, 0.6) is 0 Å². The molecule has 0 unspecified atom stereocenters. The molecular weight excluding hydrogens is 310 g/mol. The predicted octanol–water partition coefficient (Wildman–Crippen LogP) is 5.52. The minimum absolute atomic E-state index is 0. The van der Waals surface area contributed by atoms with Crippen molar-refractivity contribution in [3.05, 3.63) is 82.6 Å². The van der Waals surface area contributed by atoms with Gasteiger partial charge >= 0.3 is 0 Å². The maximum atomic E-state index is 6.60. The van der Waals surface area contributed by atoms with E-state index in [2.05, 4.69) is 71.4 Å². The minimum atomic E-state index is -0.0905. The smallest absolute Gasteiger partial charge is 0.0572 e. The number of thiophene rings is 1. The van der Waals surface area contributed by atoms with Gasteiger partial charge in [-0.3, -0.25) is 0 Å². The zero-order valence-corrected chi connectivity index (χ0v) is 13.5. The number of fused-ring (bicyclic) bond motifs is 2. The topological polar surface area (TPSA) is 26.0 Å². The molecule has 22 heavy (non-hydrogen) atoms. The minimum Gasteiger partial charge on any atom is -0.320 e. The molecule has 0 aliphatic rings. The molecule has 0 aliphatic heterocycles. The Hall–Kier alpha value is -1.87. The Morgan fingerprint density at radius 1 is 0.818 bits per heavy atom. The molecule has 0 saturated carbocycles. The van der Waals surface area contributed by atoms with Crippen molar-refractivity contribution < 1.29 is 0 Å². The van der Waals surface area contributed by atoms with E-state index in [0.717, 1.165) is 0 Å². The highest BCUT2D eigenvalue weighted by molar-refractivity contribution is 7.08. The van der Waals surface area contributed by atoms with Gasteiger partial charge in [-0.2, -0.15) is 11.3 Å². The average molecular weight is 326 g/mol. The maximum Gasteiger partial charge on any atom is 0.0572 e. The second-order valence-corrected chi connectivity index (χ2v) is 6.05. The van der Waals surface area contributed by atoms with Crippen molar-refractivity contribution in [3.63, 3.8) is 0 Å². The van der Waals surface area contributed by atoms with E-state index in [9.17, 15) is 0 Å². The van der Waals surface area contributed by atoms with Crippen molar-refractivity contribution in [2.24, 2.45) is 5.73 Å². The number of benzene rings is 3. The second kappa shape index (κ2) is 6.09. The molecule has 2 N–H and O–H groups in total. The molecule has 0 radical (unpaired) electrons. The Morgan fingerprint density at radius 2 is 1.41 bits per heavy atom. The molecule has 4 rings (SSSR count). The lowest BCUT2D eigenvalue weighted by molar-refractivity contribution is 0.895. The number of rotatable bonds is 2. The largest absolute Gasteiger partial charge is 0.320 e. The highest BCUT2D eigenvalue weighted by Crippen LogP contribution is 2.35. The Bertz CT molecular complexity index is 861. The van der Waals surface area contributed by atoms with Crippen molar-refractivity contribution in [1.82, 2.24) is 0 Å². The van der Waals surface area contributed by atoms with E-state index in [-0.39, 0.29) is 18.4 Å². The lowest BCUT2D eigenvalue weighted by Gasteiger charge is -2.17. The molecule has 0 spiro atoms. The van der Waals surface area contributed by atoms with Crippen LogP contribution in [-0.4, -0.2) is 0 Å². The molecule has 3 aromatic carbocycles. The van der Waals surface area contributed by atoms with Crippen molar-refractivity contribution >= 4 is 45.3 Å². The van der Waals surface area contributed by atoms with Crippen LogP contribution in [0.4, 0.5) is 0 Å². The van der Waals surface area contributed by atoms with E-state index in [4.69, 9.17) is 5.73 Å². The summed E-state index contributed by atoms with van der Waals surface area (Å²) < 4.78 is 0. The van der Waals surface area contributed by atoms with Gasteiger partial charge in [0.05, 0.1) is 6.04 Å². The summed E-state index contributed by atoms with van der Waals surface area (Å²) in [7, 11) is 0. The summed E-state index contributed by atoms with van der Waals surface area (Å²) in [4.78, 5) is 0. The van der Waals surface area contributed by atoms with Crippen molar-refractivity contribution in [2.75, 3.05) is 0 Å². The molecule has 0 aliphatic carbocycles. The van der Waals surface area contributed by atoms with Crippen LogP contribution < -0.4 is 5.73 Å². The quantitative estimate of drug-likeness (QED) is 0.482. The van der Waals surface area contributed by atoms with Crippen molar-refractivity contribution in [1.29, 1.82) is 0 Å². The Morgan fingerprint density at radius 3 is 1.95 bits per heavy atom. The number of hydrogen-bond donors (Lipinski definition) is 1. The molecule has 1 aromatic heterocycles. The van der Waals surface area contributed by atoms with Crippen LogP contribution in [-0.2, 0) is 0 Å². The first-order valence-electron chi connectivity index (χ1n) is 7.02. The van der Waals surface area contributed by atoms with Gasteiger partial charge in [0.25, 0.3) is 0 Å². The standard InChI is InChI=1S/C19H15NS.ClH/c20-19(15-9-10-21-12-15)18-16-7-3-1-5-13(16)11-14-6-2-4-8-17(14)18;/h1-12,19H,20H2;1H/t19-;/m0./s1. The van der Waals surface area contributed by atoms with E-state index in [1.54, 1.807) is 11.3 Å². The normalized spacial score (nSPS) is 12.2. The summed E-state index contributed by atoms with van der Waals surface area (Å²) in [5.74, 6) is 0. The van der Waals surface area contributed by atoms with Crippen LogP contribution in [0.1, 0.15) is 17.2 Å². The molecule has 1 nitrogen and oxygen atoms in total. The zero-order chi connectivity index (χ0) is 14.2. The Labute approximate surface area is 139 Å². The van der Waals surface area contributed by atoms with Crippen molar-refractivity contribution in [3.8, 4) is 0 Å². The zero-order valence-electron chi connectivity index (χ0n) is 11.9. The van der Waals surface area contributed by atoms with Gasteiger partial charge in [0, 0.05) is 0 Å². The number of hydrogen-bond acceptors (Lipinski definition) is 2. The molecular formula is C19H16ClNS. The maximum absolute atomic E-state index is 6.60. The number of nitrogens with two attached hydrogens (primary N) is 1. The van der Waals surface area contributed by atoms with Gasteiger partial charge in [-0.1, -0.05) is 48.5 Å². The fraction of sp³-hybridized carbons (Fsp3) is 0.0526. The summed E-state index contributed by atoms with van der Waals surface area (Å²) in [5, 5.41) is 9.21. The molecule has 0 amide bonds. The lowest BCUT2D eigenvalue weighted by atomic mass is 9.90. The summed E-state index contributed by atoms with van der Waals surface area (Å²) in [6.07, 6.45) is 0. The van der Waals surface area contributed by atoms with Crippen LogP contribution >= 0.6 is 23.7 Å². The average Bonchev–Trinajstić information content (AvgIpc) is 3.06. The summed E-state index contributed by atoms with van der Waals surface area (Å²) in [6.45, 7) is 0. The molecule has 1 heterocycles. The summed E-state index contributed by atoms with van der Waals surface area (Å²) in [5.41, 5.74) is 9.01. The first kappa shape index (κ1) is 15.0. The Kier molecular flexibility index (Phi) is 4.16. The van der Waals surface area contributed by atoms with E-state index in [1.807, 2.05) is 0 Å². The highest BCUT2D eigenvalue weighted by Gasteiger charge is 2.16. The van der Waals surface area contributed by atoms with E-state index in [0.29, 0.717) is 0 Å². The first-order chi connectivity index (χ1) is 10.3. The molecule has 0 fully saturated rings. The Balaban J connectivity index is 0.00000144. The number of halogens is 1. The third kappa shape index (κ3) is 2.40. The monoisotopic (exact) mass is 325 g/mol. The predicted molar refractivity (Wildman–Crippen MR) is 99.1 cm³/mol. The van der Waals surface area contributed by atoms with Gasteiger partial charge in [0.15, 0.2) is 0 Å². The highest BCUT2D eigenvalue weighted by atomic mass is 35.5. The van der Waals surface area contributed by atoms with Crippen LogP contribution in [0.3, 0.4) is 0 Å². The lowest BCUT2D eigenvalue weighted by Crippen LogP contribution is -2.12. The molecule has 1 atom stereocenters. The van der Waals surface area contributed by atoms with E-state index in [1.165, 1.54) is 32.7 Å². The van der Waals surface area contributed by atoms with Gasteiger partial charge in [0.2, 0.25) is 0 Å². The molecule has 110 valence electrons. The molecule has 3 heteroatoms.